The van der Waals surface area contributed by atoms with Crippen LogP contribution in [0.15, 0.2) is 61.1 Å². The predicted octanol–water partition coefficient (Wildman–Crippen LogP) is 6.91. The van der Waals surface area contributed by atoms with Crippen molar-refractivity contribution >= 4 is 28.3 Å². The number of hydrogen-bond acceptors (Lipinski definition) is 3. The number of nitrogens with zero attached hydrogens (tertiary/aromatic N) is 2. The molecule has 0 spiro atoms. The van der Waals surface area contributed by atoms with E-state index in [2.05, 4.69) is 25.6 Å². The van der Waals surface area contributed by atoms with Gasteiger partial charge in [0.1, 0.15) is 5.82 Å². The summed E-state index contributed by atoms with van der Waals surface area (Å²) >= 11 is 0. The van der Waals surface area contributed by atoms with Crippen LogP contribution in [-0.4, -0.2) is 26.9 Å². The molecule has 0 saturated heterocycles. The summed E-state index contributed by atoms with van der Waals surface area (Å²) in [4.78, 5) is 24.6. The lowest BCUT2D eigenvalue weighted by atomic mass is 9.77. The van der Waals surface area contributed by atoms with Crippen molar-refractivity contribution in [3.05, 3.63) is 72.4 Å². The number of fused-ring (bicyclic) bond motifs is 1. The highest BCUT2D eigenvalue weighted by Gasteiger charge is 2.45. The number of urea groups is 1. The van der Waals surface area contributed by atoms with Gasteiger partial charge in [0.05, 0.1) is 5.69 Å². The number of anilines is 2. The second kappa shape index (κ2) is 8.52. The van der Waals surface area contributed by atoms with Gasteiger partial charge >= 0.3 is 6.03 Å². The maximum atomic E-state index is 13.1. The zero-order valence-electron chi connectivity index (χ0n) is 18.9. The average Bonchev–Trinajstić information content (AvgIpc) is 3.20. The van der Waals surface area contributed by atoms with E-state index >= 15 is 0 Å². The topological polar surface area (TPSA) is 82.7 Å². The van der Waals surface area contributed by atoms with Crippen LogP contribution >= 0.6 is 0 Å². The maximum Gasteiger partial charge on any atom is 0.323 e. The third kappa shape index (κ3) is 4.48. The predicted molar refractivity (Wildman–Crippen MR) is 129 cm³/mol. The monoisotopic (exact) mass is 461 g/mol. The minimum atomic E-state index is -2.55. The minimum Gasteiger partial charge on any atom is -0.359 e. The number of amides is 2. The van der Waals surface area contributed by atoms with Gasteiger partial charge in [0, 0.05) is 59.5 Å². The second-order valence-corrected chi connectivity index (χ2v) is 9.11. The van der Waals surface area contributed by atoms with Crippen molar-refractivity contribution < 1.29 is 13.6 Å². The standard InChI is InChI=1S/C26H25F2N5O/c1-15(2)24-30-12-19(13-31-24)17-5-8-22-21(9-17)23(14-29-22)33-25(34)32-20-6-3-16(4-7-20)18-10-26(27,28)11-18/h3-9,12-15,18,29H,10-11H2,1-2H3,(H2,32,33,34). The molecule has 1 aliphatic carbocycles. The molecular weight excluding hydrogens is 436 g/mol. The van der Waals surface area contributed by atoms with E-state index in [1.54, 1.807) is 30.5 Å². The van der Waals surface area contributed by atoms with E-state index in [0.717, 1.165) is 33.4 Å². The van der Waals surface area contributed by atoms with Crippen molar-refractivity contribution in [1.82, 2.24) is 15.0 Å². The SMILES string of the molecule is CC(C)c1ncc(-c2ccc3[nH]cc(NC(=O)Nc4ccc(C5CC(F)(F)C5)cc4)c3c2)cn1. The van der Waals surface area contributed by atoms with Crippen molar-refractivity contribution in [3.63, 3.8) is 0 Å². The molecular formula is C26H25F2N5O. The summed E-state index contributed by atoms with van der Waals surface area (Å²) in [5.41, 5.74) is 4.83. The lowest BCUT2D eigenvalue weighted by Crippen LogP contribution is -2.33. The van der Waals surface area contributed by atoms with Gasteiger partial charge in [0.15, 0.2) is 0 Å². The fourth-order valence-electron chi connectivity index (χ4n) is 4.21. The number of hydrogen-bond donors (Lipinski definition) is 3. The number of alkyl halides is 2. The van der Waals surface area contributed by atoms with Gasteiger partial charge in [-0.25, -0.2) is 23.5 Å². The van der Waals surface area contributed by atoms with E-state index in [1.165, 1.54) is 0 Å². The Morgan fingerprint density at radius 3 is 2.38 bits per heavy atom. The van der Waals surface area contributed by atoms with Crippen LogP contribution in [0.3, 0.4) is 0 Å². The van der Waals surface area contributed by atoms with E-state index in [1.807, 2.05) is 44.4 Å². The quantitative estimate of drug-likeness (QED) is 0.302. The maximum absolute atomic E-state index is 13.1. The number of carbonyl (C=O) groups is 1. The van der Waals surface area contributed by atoms with E-state index in [4.69, 9.17) is 0 Å². The van der Waals surface area contributed by atoms with Crippen LogP contribution in [0.25, 0.3) is 22.0 Å². The fourth-order valence-corrected chi connectivity index (χ4v) is 4.21. The highest BCUT2D eigenvalue weighted by atomic mass is 19.3. The van der Waals surface area contributed by atoms with Gasteiger partial charge in [-0.3, -0.25) is 0 Å². The average molecular weight is 462 g/mol. The molecule has 2 aromatic carbocycles. The second-order valence-electron chi connectivity index (χ2n) is 9.11. The van der Waals surface area contributed by atoms with Crippen LogP contribution in [0.5, 0.6) is 0 Å². The fraction of sp³-hybridized carbons (Fsp3) is 0.269. The largest absolute Gasteiger partial charge is 0.359 e. The normalized spacial score (nSPS) is 15.3. The van der Waals surface area contributed by atoms with Gasteiger partial charge < -0.3 is 15.6 Å². The number of carbonyl (C=O) groups excluding carboxylic acids is 1. The Hall–Kier alpha value is -3.81. The molecule has 3 N–H and O–H groups in total. The Kier molecular flexibility index (Phi) is 5.51. The molecule has 8 heteroatoms. The van der Waals surface area contributed by atoms with Gasteiger partial charge in [-0.2, -0.15) is 0 Å². The van der Waals surface area contributed by atoms with Gasteiger partial charge in [0.2, 0.25) is 5.92 Å². The highest BCUT2D eigenvalue weighted by molar-refractivity contribution is 6.06. The number of H-pyrrole nitrogens is 1. The molecule has 2 aromatic heterocycles. The smallest absolute Gasteiger partial charge is 0.323 e. The minimum absolute atomic E-state index is 0.114. The van der Waals surface area contributed by atoms with Gasteiger partial charge in [-0.15, -0.1) is 0 Å². The molecule has 6 nitrogen and oxygen atoms in total. The van der Waals surface area contributed by atoms with Gasteiger partial charge in [-0.05, 0) is 41.3 Å². The summed E-state index contributed by atoms with van der Waals surface area (Å²) in [6.07, 6.45) is 5.13. The van der Waals surface area contributed by atoms with Crippen LogP contribution in [0.4, 0.5) is 25.0 Å². The number of rotatable bonds is 5. The van der Waals surface area contributed by atoms with Crippen molar-refractivity contribution in [2.24, 2.45) is 0 Å². The molecule has 34 heavy (non-hydrogen) atoms. The van der Waals surface area contributed by atoms with Crippen molar-refractivity contribution in [3.8, 4) is 11.1 Å². The summed E-state index contributed by atoms with van der Waals surface area (Å²) in [5, 5.41) is 6.53. The first kappa shape index (κ1) is 22.0. The Labute approximate surface area is 195 Å². The van der Waals surface area contributed by atoms with Crippen molar-refractivity contribution in [2.45, 2.75) is 44.4 Å². The van der Waals surface area contributed by atoms with Crippen molar-refractivity contribution in [1.29, 1.82) is 0 Å². The Morgan fingerprint density at radius 2 is 1.74 bits per heavy atom. The van der Waals surface area contributed by atoms with Crippen LogP contribution in [-0.2, 0) is 0 Å². The third-order valence-corrected chi connectivity index (χ3v) is 6.18. The number of benzene rings is 2. The number of halogens is 2. The summed E-state index contributed by atoms with van der Waals surface area (Å²) < 4.78 is 26.2. The summed E-state index contributed by atoms with van der Waals surface area (Å²) in [7, 11) is 0. The number of nitrogens with one attached hydrogen (secondary N) is 3. The lowest BCUT2D eigenvalue weighted by molar-refractivity contribution is -0.0867. The molecule has 174 valence electrons. The molecule has 1 aliphatic rings. The number of aromatic nitrogens is 3. The van der Waals surface area contributed by atoms with E-state index in [0.29, 0.717) is 11.4 Å². The van der Waals surface area contributed by atoms with Gasteiger partial charge in [0.25, 0.3) is 0 Å². The molecule has 2 heterocycles. The molecule has 0 bridgehead atoms. The van der Waals surface area contributed by atoms with Crippen LogP contribution in [0, 0.1) is 0 Å². The molecule has 1 saturated carbocycles. The zero-order valence-corrected chi connectivity index (χ0v) is 18.9. The third-order valence-electron chi connectivity index (χ3n) is 6.18. The molecule has 2 amide bonds. The molecule has 0 aliphatic heterocycles. The zero-order chi connectivity index (χ0) is 23.9. The first-order chi connectivity index (χ1) is 16.3. The summed E-state index contributed by atoms with van der Waals surface area (Å²) in [6, 6.07) is 12.6. The molecule has 0 radical (unpaired) electrons. The number of aromatic amines is 1. The Morgan fingerprint density at radius 1 is 1.03 bits per heavy atom. The van der Waals surface area contributed by atoms with E-state index in [9.17, 15) is 13.6 Å². The first-order valence-electron chi connectivity index (χ1n) is 11.3. The lowest BCUT2D eigenvalue weighted by Gasteiger charge is -2.35. The van der Waals surface area contributed by atoms with Crippen molar-refractivity contribution in [2.75, 3.05) is 10.6 Å². The van der Waals surface area contributed by atoms with Crippen LogP contribution < -0.4 is 10.6 Å². The van der Waals surface area contributed by atoms with Crippen LogP contribution in [0.2, 0.25) is 0 Å². The van der Waals surface area contributed by atoms with E-state index < -0.39 is 5.92 Å². The van der Waals surface area contributed by atoms with E-state index in [-0.39, 0.29) is 30.7 Å². The summed E-state index contributed by atoms with van der Waals surface area (Å²) in [6.45, 7) is 4.10. The Balaban J connectivity index is 1.28. The molecule has 0 unspecified atom stereocenters. The van der Waals surface area contributed by atoms with Gasteiger partial charge in [-0.1, -0.05) is 32.0 Å². The molecule has 5 rings (SSSR count). The van der Waals surface area contributed by atoms with Crippen LogP contribution in [0.1, 0.15) is 49.9 Å². The first-order valence-corrected chi connectivity index (χ1v) is 11.3. The highest BCUT2D eigenvalue weighted by Crippen LogP contribution is 2.48. The summed E-state index contributed by atoms with van der Waals surface area (Å²) in [5.74, 6) is -1.62. The molecule has 4 aromatic rings. The Bertz CT molecular complexity index is 1320. The molecule has 0 atom stereocenters. The molecule has 1 fully saturated rings.